The quantitative estimate of drug-likeness (QED) is 0.172. The Morgan fingerprint density at radius 2 is 1.54 bits per heavy atom. The van der Waals surface area contributed by atoms with E-state index in [0.717, 1.165) is 23.3 Å². The highest BCUT2D eigenvalue weighted by atomic mass is 32.1. The molecule has 0 fully saturated rings. The van der Waals surface area contributed by atoms with Crippen molar-refractivity contribution in [3.8, 4) is 21.6 Å². The lowest BCUT2D eigenvalue weighted by Gasteiger charge is -2.18. The molecular formula is C45H38S. The molecule has 2 aliphatic rings. The summed E-state index contributed by atoms with van der Waals surface area (Å²) in [5.41, 5.74) is 16.6. The van der Waals surface area contributed by atoms with Gasteiger partial charge < -0.3 is 0 Å². The SMILES string of the molecule is C=Cc1cc(-c2cccc3c2C=CC2C=Cc4c(cccc4-c4ccc(/C(=C/CC)c5ccccc5C)cc4)/C=C/3C2)sc1C=C. The number of hydrogen-bond acceptors (Lipinski definition) is 1. The van der Waals surface area contributed by atoms with Gasteiger partial charge >= 0.3 is 0 Å². The first-order valence-corrected chi connectivity index (χ1v) is 17.0. The summed E-state index contributed by atoms with van der Waals surface area (Å²) in [6.07, 6.45) is 20.1. The maximum atomic E-state index is 4.03. The zero-order chi connectivity index (χ0) is 31.6. The third-order valence-electron chi connectivity index (χ3n) is 9.21. The summed E-state index contributed by atoms with van der Waals surface area (Å²) in [5.74, 6) is 0.321. The van der Waals surface area contributed by atoms with E-state index in [-0.39, 0.29) is 0 Å². The summed E-state index contributed by atoms with van der Waals surface area (Å²) in [6.45, 7) is 12.5. The molecule has 5 aromatic rings. The van der Waals surface area contributed by atoms with E-state index in [4.69, 9.17) is 0 Å². The van der Waals surface area contributed by atoms with Crippen molar-refractivity contribution in [2.24, 2.45) is 5.92 Å². The van der Waals surface area contributed by atoms with Crippen molar-refractivity contribution >= 4 is 52.9 Å². The molecule has 0 saturated carbocycles. The van der Waals surface area contributed by atoms with Crippen LogP contribution in [0.1, 0.15) is 69.2 Å². The molecule has 1 heterocycles. The zero-order valence-electron chi connectivity index (χ0n) is 26.6. The van der Waals surface area contributed by atoms with Crippen LogP contribution in [-0.4, -0.2) is 0 Å². The van der Waals surface area contributed by atoms with Crippen molar-refractivity contribution in [2.45, 2.75) is 26.7 Å². The fourth-order valence-electron chi connectivity index (χ4n) is 6.88. The summed E-state index contributed by atoms with van der Waals surface area (Å²) in [4.78, 5) is 2.41. The Bertz CT molecular complexity index is 2060. The van der Waals surface area contributed by atoms with E-state index in [1.165, 1.54) is 71.7 Å². The zero-order valence-corrected chi connectivity index (χ0v) is 27.4. The first-order valence-electron chi connectivity index (χ1n) is 16.2. The molecule has 1 heteroatoms. The largest absolute Gasteiger partial charge is 0.135 e. The van der Waals surface area contributed by atoms with Gasteiger partial charge in [-0.15, -0.1) is 11.3 Å². The van der Waals surface area contributed by atoms with E-state index in [0.29, 0.717) is 5.92 Å². The Hall–Kier alpha value is -4.98. The Labute approximate surface area is 277 Å². The number of allylic oxidation sites excluding steroid dienone is 4. The molecule has 0 saturated heterocycles. The van der Waals surface area contributed by atoms with Gasteiger partial charge in [-0.05, 0) is 104 Å². The van der Waals surface area contributed by atoms with Crippen LogP contribution in [0.15, 0.2) is 122 Å². The first kappa shape index (κ1) is 29.7. The number of rotatable bonds is 7. The Balaban J connectivity index is 1.30. The summed E-state index contributed by atoms with van der Waals surface area (Å²) < 4.78 is 0. The molecule has 4 aromatic carbocycles. The molecule has 2 bridgehead atoms. The molecule has 0 spiro atoms. The number of benzene rings is 4. The van der Waals surface area contributed by atoms with Gasteiger partial charge in [0.2, 0.25) is 0 Å². The van der Waals surface area contributed by atoms with Crippen LogP contribution >= 0.6 is 11.3 Å². The number of thiophene rings is 1. The Morgan fingerprint density at radius 1 is 0.804 bits per heavy atom. The average Bonchev–Trinajstić information content (AvgIpc) is 3.41. The maximum Gasteiger partial charge on any atom is 0.0361 e. The lowest BCUT2D eigenvalue weighted by atomic mass is 9.86. The third kappa shape index (κ3) is 5.53. The lowest BCUT2D eigenvalue weighted by Crippen LogP contribution is -1.99. The number of hydrogen-bond donors (Lipinski definition) is 0. The van der Waals surface area contributed by atoms with Gasteiger partial charge in [0.15, 0.2) is 0 Å². The summed E-state index contributed by atoms with van der Waals surface area (Å²) >= 11 is 1.78. The monoisotopic (exact) mass is 610 g/mol. The summed E-state index contributed by atoms with van der Waals surface area (Å²) in [7, 11) is 0. The molecule has 0 amide bonds. The van der Waals surface area contributed by atoms with Gasteiger partial charge in [-0.25, -0.2) is 0 Å². The standard InChI is InChI=1S/C45H38S/c1-5-12-38(37-15-9-8-13-30(37)4)33-21-23-34(24-22-33)39-16-10-14-35-28-36-27-31(19-25-41(35)39)20-26-42-40(36)17-11-18-43(42)45-29-32(6-2)44(7-3)46-45/h6-26,28-29,31H,2-3,5,27H2,1,4H3/b25-19?,36-28+,38-12-. The van der Waals surface area contributed by atoms with E-state index in [9.17, 15) is 0 Å². The van der Waals surface area contributed by atoms with Crippen molar-refractivity contribution in [1.29, 1.82) is 0 Å². The molecule has 0 aliphatic heterocycles. The van der Waals surface area contributed by atoms with Crippen LogP contribution < -0.4 is 0 Å². The molecule has 1 unspecified atom stereocenters. The van der Waals surface area contributed by atoms with Gasteiger partial charge in [-0.2, -0.15) is 0 Å². The number of aryl methyl sites for hydroxylation is 1. The predicted molar refractivity (Wildman–Crippen MR) is 204 cm³/mol. The second kappa shape index (κ2) is 12.8. The maximum absolute atomic E-state index is 4.03. The second-order valence-electron chi connectivity index (χ2n) is 12.1. The predicted octanol–water partition coefficient (Wildman–Crippen LogP) is 13.1. The highest BCUT2D eigenvalue weighted by Gasteiger charge is 2.21. The van der Waals surface area contributed by atoms with E-state index >= 15 is 0 Å². The van der Waals surface area contributed by atoms with Gasteiger partial charge in [0, 0.05) is 9.75 Å². The molecule has 1 aromatic heterocycles. The average molecular weight is 611 g/mol. The normalized spacial score (nSPS) is 16.3. The van der Waals surface area contributed by atoms with Crippen LogP contribution in [0.5, 0.6) is 0 Å². The third-order valence-corrected chi connectivity index (χ3v) is 10.4. The first-order chi connectivity index (χ1) is 22.6. The molecule has 46 heavy (non-hydrogen) atoms. The topological polar surface area (TPSA) is 0 Å². The molecule has 224 valence electrons. The summed E-state index contributed by atoms with van der Waals surface area (Å²) in [6, 6.07) is 33.5. The molecule has 0 N–H and O–H groups in total. The molecule has 2 aliphatic carbocycles. The van der Waals surface area contributed by atoms with Crippen molar-refractivity contribution in [3.63, 3.8) is 0 Å². The Morgan fingerprint density at radius 3 is 2.28 bits per heavy atom. The molecule has 0 nitrogen and oxygen atoms in total. The lowest BCUT2D eigenvalue weighted by molar-refractivity contribution is 0.859. The van der Waals surface area contributed by atoms with Gasteiger partial charge in [0.25, 0.3) is 0 Å². The minimum absolute atomic E-state index is 0.321. The van der Waals surface area contributed by atoms with Crippen molar-refractivity contribution in [2.75, 3.05) is 0 Å². The number of fused-ring (bicyclic) bond motifs is 5. The van der Waals surface area contributed by atoms with E-state index in [2.05, 4.69) is 154 Å². The van der Waals surface area contributed by atoms with Crippen LogP contribution in [0.2, 0.25) is 0 Å². The molecule has 0 radical (unpaired) electrons. The van der Waals surface area contributed by atoms with E-state index in [1.807, 2.05) is 12.2 Å². The summed E-state index contributed by atoms with van der Waals surface area (Å²) in [5, 5.41) is 0. The molecule has 1 atom stereocenters. The van der Waals surface area contributed by atoms with Crippen molar-refractivity contribution in [3.05, 3.63) is 172 Å². The Kier molecular flexibility index (Phi) is 8.26. The van der Waals surface area contributed by atoms with E-state index in [1.54, 1.807) is 11.3 Å². The van der Waals surface area contributed by atoms with Crippen LogP contribution in [0.25, 0.3) is 63.1 Å². The van der Waals surface area contributed by atoms with Crippen molar-refractivity contribution in [1.82, 2.24) is 0 Å². The van der Waals surface area contributed by atoms with Crippen molar-refractivity contribution < 1.29 is 0 Å². The van der Waals surface area contributed by atoms with Gasteiger partial charge in [-0.3, -0.25) is 0 Å². The molecule has 7 rings (SSSR count). The van der Waals surface area contributed by atoms with Gasteiger partial charge in [0.1, 0.15) is 0 Å². The van der Waals surface area contributed by atoms with Crippen LogP contribution in [-0.2, 0) is 0 Å². The van der Waals surface area contributed by atoms with Gasteiger partial charge in [0.05, 0.1) is 0 Å². The van der Waals surface area contributed by atoms with Gasteiger partial charge in [-0.1, -0.05) is 154 Å². The van der Waals surface area contributed by atoms with Crippen LogP contribution in [0.4, 0.5) is 0 Å². The van der Waals surface area contributed by atoms with E-state index < -0.39 is 0 Å². The van der Waals surface area contributed by atoms with Crippen LogP contribution in [0, 0.1) is 12.8 Å². The van der Waals surface area contributed by atoms with Crippen LogP contribution in [0.3, 0.4) is 0 Å². The fourth-order valence-corrected chi connectivity index (χ4v) is 7.93. The minimum Gasteiger partial charge on any atom is -0.135 e. The second-order valence-corrected chi connectivity index (χ2v) is 13.2. The smallest absolute Gasteiger partial charge is 0.0361 e. The molecular weight excluding hydrogens is 573 g/mol. The fraction of sp³-hybridized carbons (Fsp3) is 0.111. The minimum atomic E-state index is 0.321. The highest BCUT2D eigenvalue weighted by Crippen LogP contribution is 2.43. The highest BCUT2D eigenvalue weighted by molar-refractivity contribution is 7.16.